The fourth-order valence-electron chi connectivity index (χ4n) is 4.00. The van der Waals surface area contributed by atoms with Crippen molar-refractivity contribution in [1.82, 2.24) is 0 Å². The maximum absolute atomic E-state index is 6.46. The normalized spacial score (nSPS) is 24.5. The molecule has 2 nitrogen and oxygen atoms in total. The maximum Gasteiger partial charge on any atom is 0.128 e. The van der Waals surface area contributed by atoms with Crippen molar-refractivity contribution in [1.29, 1.82) is 0 Å². The molecule has 0 spiro atoms. The average Bonchev–Trinajstić information content (AvgIpc) is 2.60. The van der Waals surface area contributed by atoms with Crippen LogP contribution < -0.4 is 5.32 Å². The summed E-state index contributed by atoms with van der Waals surface area (Å²) in [4.78, 5) is 0. The van der Waals surface area contributed by atoms with Gasteiger partial charge in [-0.25, -0.2) is 0 Å². The second-order valence-electron chi connectivity index (χ2n) is 6.98. The number of benzene rings is 3. The van der Waals surface area contributed by atoms with Crippen molar-refractivity contribution in [3.8, 4) is 0 Å². The first kappa shape index (κ1) is 13.7. The van der Waals surface area contributed by atoms with Crippen molar-refractivity contribution in [3.63, 3.8) is 0 Å². The molecule has 2 heterocycles. The Morgan fingerprint density at radius 1 is 0.958 bits per heavy atom. The molecule has 2 heteroatoms. The summed E-state index contributed by atoms with van der Waals surface area (Å²) >= 11 is 0. The zero-order valence-corrected chi connectivity index (χ0v) is 13.6. The smallest absolute Gasteiger partial charge is 0.128 e. The van der Waals surface area contributed by atoms with E-state index in [-0.39, 0.29) is 11.6 Å². The molecule has 2 atom stereocenters. The Balaban J connectivity index is 1.66. The highest BCUT2D eigenvalue weighted by Crippen LogP contribution is 2.47. The highest BCUT2D eigenvalue weighted by atomic mass is 16.5. The van der Waals surface area contributed by atoms with Gasteiger partial charge in [0, 0.05) is 23.2 Å². The molecule has 0 fully saturated rings. The summed E-state index contributed by atoms with van der Waals surface area (Å²) in [6, 6.07) is 23.4. The third-order valence-corrected chi connectivity index (χ3v) is 5.11. The summed E-state index contributed by atoms with van der Waals surface area (Å²) < 4.78 is 6.46. The van der Waals surface area contributed by atoms with Crippen LogP contribution in [0.2, 0.25) is 0 Å². The lowest BCUT2D eigenvalue weighted by atomic mass is 9.82. The Kier molecular flexibility index (Phi) is 2.78. The van der Waals surface area contributed by atoms with E-state index in [1.165, 1.54) is 27.6 Å². The average molecular weight is 313 g/mol. The standard InChI is InChI=1S/C22H19NO/c1-22-13-20(17-11-6-8-15-7-2-3-9-16(15)17)24-21(14-22)18-10-4-5-12-19(18)23-22/h2-13,21,23H,14H2,1H3. The van der Waals surface area contributed by atoms with E-state index >= 15 is 0 Å². The van der Waals surface area contributed by atoms with Crippen LogP contribution >= 0.6 is 0 Å². The number of para-hydroxylation sites is 1. The molecule has 3 aromatic rings. The van der Waals surface area contributed by atoms with E-state index in [9.17, 15) is 0 Å². The summed E-state index contributed by atoms with van der Waals surface area (Å²) in [5.41, 5.74) is 3.53. The molecule has 2 unspecified atom stereocenters. The molecule has 1 N–H and O–H groups in total. The van der Waals surface area contributed by atoms with Gasteiger partial charge in [-0.3, -0.25) is 0 Å². The Bertz CT molecular complexity index is 969. The molecule has 3 aromatic carbocycles. The highest BCUT2D eigenvalue weighted by molar-refractivity contribution is 5.93. The lowest BCUT2D eigenvalue weighted by molar-refractivity contribution is 0.123. The summed E-state index contributed by atoms with van der Waals surface area (Å²) in [6.07, 6.45) is 3.31. The van der Waals surface area contributed by atoms with E-state index in [1.54, 1.807) is 0 Å². The van der Waals surface area contributed by atoms with Gasteiger partial charge in [0.25, 0.3) is 0 Å². The van der Waals surface area contributed by atoms with Gasteiger partial charge >= 0.3 is 0 Å². The zero-order valence-electron chi connectivity index (χ0n) is 13.6. The van der Waals surface area contributed by atoms with Crippen LogP contribution in [0.5, 0.6) is 0 Å². The van der Waals surface area contributed by atoms with Crippen LogP contribution in [0.3, 0.4) is 0 Å². The van der Waals surface area contributed by atoms with Crippen LogP contribution in [0.1, 0.15) is 30.6 Å². The van der Waals surface area contributed by atoms with E-state index in [1.807, 2.05) is 0 Å². The Morgan fingerprint density at radius 3 is 2.71 bits per heavy atom. The molecule has 0 aromatic heterocycles. The quantitative estimate of drug-likeness (QED) is 0.638. The second-order valence-corrected chi connectivity index (χ2v) is 6.98. The third-order valence-electron chi connectivity index (χ3n) is 5.11. The molecule has 0 amide bonds. The molecule has 2 aliphatic rings. The van der Waals surface area contributed by atoms with Crippen molar-refractivity contribution in [3.05, 3.63) is 83.9 Å². The number of hydrogen-bond acceptors (Lipinski definition) is 2. The van der Waals surface area contributed by atoms with Crippen molar-refractivity contribution >= 4 is 22.2 Å². The molecule has 0 aliphatic carbocycles. The minimum atomic E-state index is -0.0798. The first-order valence-electron chi connectivity index (χ1n) is 8.47. The maximum atomic E-state index is 6.46. The summed E-state index contributed by atoms with van der Waals surface area (Å²) in [5, 5.41) is 6.18. The molecular formula is C22H19NO. The largest absolute Gasteiger partial charge is 0.485 e. The Morgan fingerprint density at radius 2 is 1.75 bits per heavy atom. The van der Waals surface area contributed by atoms with Gasteiger partial charge in [0.1, 0.15) is 11.9 Å². The van der Waals surface area contributed by atoms with E-state index in [0.29, 0.717) is 0 Å². The lowest BCUT2D eigenvalue weighted by Crippen LogP contribution is -2.41. The fraction of sp³-hybridized carbons (Fsp3) is 0.182. The molecule has 2 aliphatic heterocycles. The predicted molar refractivity (Wildman–Crippen MR) is 98.8 cm³/mol. The number of hydrogen-bond donors (Lipinski definition) is 1. The molecule has 0 saturated carbocycles. The van der Waals surface area contributed by atoms with Crippen LogP contribution in [0.4, 0.5) is 5.69 Å². The Hall–Kier alpha value is -2.74. The summed E-state index contributed by atoms with van der Waals surface area (Å²) in [6.45, 7) is 2.25. The van der Waals surface area contributed by atoms with E-state index in [0.717, 1.165) is 12.2 Å². The van der Waals surface area contributed by atoms with E-state index in [4.69, 9.17) is 4.74 Å². The highest BCUT2D eigenvalue weighted by Gasteiger charge is 2.39. The minimum Gasteiger partial charge on any atom is -0.485 e. The van der Waals surface area contributed by atoms with Gasteiger partial charge in [-0.1, -0.05) is 60.7 Å². The van der Waals surface area contributed by atoms with Gasteiger partial charge in [0.05, 0.1) is 5.54 Å². The van der Waals surface area contributed by atoms with Crippen LogP contribution in [-0.4, -0.2) is 5.54 Å². The summed E-state index contributed by atoms with van der Waals surface area (Å²) in [5.74, 6) is 0.979. The van der Waals surface area contributed by atoms with Crippen LogP contribution in [0.25, 0.3) is 16.5 Å². The molecule has 0 radical (unpaired) electrons. The van der Waals surface area contributed by atoms with Crippen LogP contribution in [0, 0.1) is 0 Å². The van der Waals surface area contributed by atoms with Gasteiger partial charge < -0.3 is 10.1 Å². The van der Waals surface area contributed by atoms with Gasteiger partial charge in [0.2, 0.25) is 0 Å². The fourth-order valence-corrected chi connectivity index (χ4v) is 4.00. The molecule has 5 rings (SSSR count). The van der Waals surface area contributed by atoms with Crippen molar-refractivity contribution < 1.29 is 4.74 Å². The molecule has 118 valence electrons. The number of fused-ring (bicyclic) bond motifs is 5. The first-order chi connectivity index (χ1) is 11.7. The van der Waals surface area contributed by atoms with Gasteiger partial charge in [-0.05, 0) is 29.8 Å². The molecule has 0 saturated heterocycles. The SMILES string of the molecule is CC12C=C(c3cccc4ccccc34)OC(C1)c1ccccc1N2. The monoisotopic (exact) mass is 313 g/mol. The number of nitrogens with one attached hydrogen (secondary N) is 1. The van der Waals surface area contributed by atoms with Crippen LogP contribution in [0.15, 0.2) is 72.8 Å². The van der Waals surface area contributed by atoms with E-state index in [2.05, 4.69) is 85.0 Å². The van der Waals surface area contributed by atoms with Crippen molar-refractivity contribution in [2.75, 3.05) is 5.32 Å². The van der Waals surface area contributed by atoms with Gasteiger partial charge in [0.15, 0.2) is 0 Å². The summed E-state index contributed by atoms with van der Waals surface area (Å²) in [7, 11) is 0. The van der Waals surface area contributed by atoms with E-state index < -0.39 is 0 Å². The zero-order chi connectivity index (χ0) is 16.1. The third kappa shape index (κ3) is 2.03. The first-order valence-corrected chi connectivity index (χ1v) is 8.47. The molecule has 24 heavy (non-hydrogen) atoms. The number of rotatable bonds is 1. The molecular weight excluding hydrogens is 294 g/mol. The lowest BCUT2D eigenvalue weighted by Gasteiger charge is -2.43. The van der Waals surface area contributed by atoms with Crippen LogP contribution in [-0.2, 0) is 4.74 Å². The van der Waals surface area contributed by atoms with Gasteiger partial charge in [-0.2, -0.15) is 0 Å². The number of ether oxygens (including phenoxy) is 1. The number of anilines is 1. The second kappa shape index (κ2) is 4.88. The molecule has 2 bridgehead atoms. The van der Waals surface area contributed by atoms with Crippen molar-refractivity contribution in [2.45, 2.75) is 25.0 Å². The van der Waals surface area contributed by atoms with Crippen molar-refractivity contribution in [2.24, 2.45) is 0 Å². The Labute approximate surface area is 141 Å². The predicted octanol–water partition coefficient (Wildman–Crippen LogP) is 5.53. The topological polar surface area (TPSA) is 21.3 Å². The minimum absolute atomic E-state index is 0.0798. The van der Waals surface area contributed by atoms with Gasteiger partial charge in [-0.15, -0.1) is 0 Å².